The highest BCUT2D eigenvalue weighted by molar-refractivity contribution is 7.98. The molecule has 0 atom stereocenters. The Bertz CT molecular complexity index is 303. The van der Waals surface area contributed by atoms with Gasteiger partial charge in [-0.3, -0.25) is 4.90 Å². The summed E-state index contributed by atoms with van der Waals surface area (Å²) in [5, 5.41) is 3.26. The summed E-state index contributed by atoms with van der Waals surface area (Å²) in [5.74, 6) is 1.08. The van der Waals surface area contributed by atoms with Crippen LogP contribution in [0.4, 0.5) is 0 Å². The fourth-order valence-corrected chi connectivity index (χ4v) is 3.44. The molecule has 0 spiro atoms. The van der Waals surface area contributed by atoms with Crippen molar-refractivity contribution in [3.63, 3.8) is 0 Å². The van der Waals surface area contributed by atoms with Crippen LogP contribution in [-0.2, 0) is 10.0 Å². The minimum Gasteiger partial charge on any atom is -0.314 e. The maximum absolute atomic E-state index is 12.0. The number of nitrogens with one attached hydrogen (secondary N) is 1. The number of sulfonamides is 1. The first-order valence-corrected chi connectivity index (χ1v) is 8.92. The van der Waals surface area contributed by atoms with Gasteiger partial charge in [-0.15, -0.1) is 0 Å². The SMILES string of the molecule is CSCCN(C)S(=O)(=O)CCN1CCNCC1. The van der Waals surface area contributed by atoms with Crippen molar-refractivity contribution < 1.29 is 8.42 Å². The second kappa shape index (κ2) is 7.58. The molecule has 1 fully saturated rings. The number of hydrogen-bond acceptors (Lipinski definition) is 5. The molecule has 7 heteroatoms. The van der Waals surface area contributed by atoms with Crippen LogP contribution in [0, 0.1) is 0 Å². The molecule has 0 saturated carbocycles. The largest absolute Gasteiger partial charge is 0.314 e. The van der Waals surface area contributed by atoms with Crippen molar-refractivity contribution >= 4 is 21.8 Å². The highest BCUT2D eigenvalue weighted by Gasteiger charge is 2.19. The van der Waals surface area contributed by atoms with Gasteiger partial charge in [-0.1, -0.05) is 0 Å². The van der Waals surface area contributed by atoms with Gasteiger partial charge < -0.3 is 5.32 Å². The van der Waals surface area contributed by atoms with Crippen LogP contribution in [0.1, 0.15) is 0 Å². The quantitative estimate of drug-likeness (QED) is 0.683. The summed E-state index contributed by atoms with van der Waals surface area (Å²) >= 11 is 1.67. The zero-order valence-electron chi connectivity index (χ0n) is 10.7. The first kappa shape index (κ1) is 15.2. The third kappa shape index (κ3) is 5.56. The molecule has 1 aliphatic rings. The van der Waals surface area contributed by atoms with E-state index in [1.54, 1.807) is 18.8 Å². The van der Waals surface area contributed by atoms with Crippen molar-refractivity contribution in [1.29, 1.82) is 0 Å². The zero-order chi connectivity index (χ0) is 12.7. The lowest BCUT2D eigenvalue weighted by Gasteiger charge is -2.27. The standard InChI is InChI=1S/C10H23N3O2S2/c1-12(7-9-16-2)17(14,15)10-8-13-5-3-11-4-6-13/h11H,3-10H2,1-2H3. The fraction of sp³-hybridized carbons (Fsp3) is 1.00. The van der Waals surface area contributed by atoms with Gasteiger partial charge in [0.15, 0.2) is 0 Å². The lowest BCUT2D eigenvalue weighted by Crippen LogP contribution is -2.46. The van der Waals surface area contributed by atoms with E-state index in [-0.39, 0.29) is 5.75 Å². The van der Waals surface area contributed by atoms with E-state index in [1.165, 1.54) is 4.31 Å². The van der Waals surface area contributed by atoms with Crippen molar-refractivity contribution in [3.05, 3.63) is 0 Å². The maximum atomic E-state index is 12.0. The Morgan fingerprint density at radius 1 is 1.35 bits per heavy atom. The van der Waals surface area contributed by atoms with E-state index in [2.05, 4.69) is 10.2 Å². The Balaban J connectivity index is 2.32. The molecule has 0 bridgehead atoms. The van der Waals surface area contributed by atoms with Gasteiger partial charge in [0.25, 0.3) is 0 Å². The molecule has 0 aromatic carbocycles. The molecule has 0 amide bonds. The minimum absolute atomic E-state index is 0.234. The molecule has 102 valence electrons. The van der Waals surface area contributed by atoms with Gasteiger partial charge in [-0.2, -0.15) is 11.8 Å². The maximum Gasteiger partial charge on any atom is 0.215 e. The molecule has 0 aliphatic carbocycles. The normalized spacial score (nSPS) is 18.8. The molecule has 1 aliphatic heterocycles. The molecule has 0 radical (unpaired) electrons. The molecule has 17 heavy (non-hydrogen) atoms. The van der Waals surface area contributed by atoms with Gasteiger partial charge in [0.2, 0.25) is 10.0 Å². The molecule has 0 aromatic heterocycles. The summed E-state index contributed by atoms with van der Waals surface area (Å²) in [4.78, 5) is 2.20. The summed E-state index contributed by atoms with van der Waals surface area (Å²) < 4.78 is 25.4. The van der Waals surface area contributed by atoms with Crippen LogP contribution >= 0.6 is 11.8 Å². The molecular formula is C10H23N3O2S2. The highest BCUT2D eigenvalue weighted by Crippen LogP contribution is 2.02. The van der Waals surface area contributed by atoms with E-state index in [1.807, 2.05) is 6.26 Å². The van der Waals surface area contributed by atoms with Crippen molar-refractivity contribution in [3.8, 4) is 0 Å². The lowest BCUT2D eigenvalue weighted by atomic mass is 10.4. The third-order valence-corrected chi connectivity index (χ3v) is 5.38. The molecular weight excluding hydrogens is 258 g/mol. The van der Waals surface area contributed by atoms with E-state index in [0.29, 0.717) is 13.1 Å². The van der Waals surface area contributed by atoms with Crippen LogP contribution in [0.3, 0.4) is 0 Å². The van der Waals surface area contributed by atoms with E-state index in [9.17, 15) is 8.42 Å². The molecule has 1 saturated heterocycles. The Hall–Kier alpha value is 0.180. The average molecular weight is 281 g/mol. The van der Waals surface area contributed by atoms with Crippen molar-refractivity contribution in [2.45, 2.75) is 0 Å². The topological polar surface area (TPSA) is 52.7 Å². The van der Waals surface area contributed by atoms with Gasteiger partial charge in [0.1, 0.15) is 0 Å². The highest BCUT2D eigenvalue weighted by atomic mass is 32.2. The second-order valence-corrected chi connectivity index (χ2v) is 7.40. The van der Waals surface area contributed by atoms with E-state index >= 15 is 0 Å². The Labute approximate surface area is 109 Å². The van der Waals surface area contributed by atoms with Gasteiger partial charge in [0, 0.05) is 52.1 Å². The predicted octanol–water partition coefficient (Wildman–Crippen LogP) is -0.484. The van der Waals surface area contributed by atoms with Crippen molar-refractivity contribution in [1.82, 2.24) is 14.5 Å². The first-order chi connectivity index (χ1) is 8.06. The van der Waals surface area contributed by atoms with Crippen LogP contribution in [0.15, 0.2) is 0 Å². The summed E-state index contributed by atoms with van der Waals surface area (Å²) in [5.41, 5.74) is 0. The zero-order valence-corrected chi connectivity index (χ0v) is 12.3. The number of piperazine rings is 1. The Morgan fingerprint density at radius 3 is 2.59 bits per heavy atom. The number of nitrogens with zero attached hydrogens (tertiary/aromatic N) is 2. The Kier molecular flexibility index (Phi) is 6.79. The van der Waals surface area contributed by atoms with Crippen LogP contribution in [0.25, 0.3) is 0 Å². The van der Waals surface area contributed by atoms with Crippen molar-refractivity contribution in [2.24, 2.45) is 0 Å². The molecule has 1 N–H and O–H groups in total. The van der Waals surface area contributed by atoms with E-state index in [4.69, 9.17) is 0 Å². The minimum atomic E-state index is -3.07. The fourth-order valence-electron chi connectivity index (χ4n) is 1.69. The lowest BCUT2D eigenvalue weighted by molar-refractivity contribution is 0.253. The van der Waals surface area contributed by atoms with Gasteiger partial charge in [-0.05, 0) is 6.26 Å². The first-order valence-electron chi connectivity index (χ1n) is 5.92. The van der Waals surface area contributed by atoms with Crippen LogP contribution in [-0.4, -0.2) is 81.7 Å². The van der Waals surface area contributed by atoms with E-state index in [0.717, 1.165) is 31.9 Å². The number of hydrogen-bond donors (Lipinski definition) is 1. The Morgan fingerprint density at radius 2 is 2.00 bits per heavy atom. The molecule has 1 rings (SSSR count). The average Bonchev–Trinajstić information content (AvgIpc) is 2.35. The van der Waals surface area contributed by atoms with Crippen LogP contribution < -0.4 is 5.32 Å². The third-order valence-electron chi connectivity index (χ3n) is 2.96. The predicted molar refractivity (Wildman–Crippen MR) is 74.1 cm³/mol. The summed E-state index contributed by atoms with van der Waals surface area (Å²) in [6, 6.07) is 0. The number of rotatable bonds is 7. The second-order valence-electron chi connectivity index (χ2n) is 4.22. The van der Waals surface area contributed by atoms with Crippen LogP contribution in [0.5, 0.6) is 0 Å². The van der Waals surface area contributed by atoms with Crippen LogP contribution in [0.2, 0.25) is 0 Å². The smallest absolute Gasteiger partial charge is 0.215 e. The molecule has 0 unspecified atom stereocenters. The van der Waals surface area contributed by atoms with Crippen molar-refractivity contribution in [2.75, 3.05) is 64.1 Å². The summed E-state index contributed by atoms with van der Waals surface area (Å²) in [6.07, 6.45) is 1.99. The van der Waals surface area contributed by atoms with E-state index < -0.39 is 10.0 Å². The molecule has 0 aromatic rings. The summed E-state index contributed by atoms with van der Waals surface area (Å²) in [7, 11) is -1.40. The summed E-state index contributed by atoms with van der Waals surface area (Å²) in [6.45, 7) is 5.07. The van der Waals surface area contributed by atoms with Gasteiger partial charge in [0.05, 0.1) is 5.75 Å². The number of thioether (sulfide) groups is 1. The van der Waals surface area contributed by atoms with Gasteiger partial charge in [-0.25, -0.2) is 12.7 Å². The molecule has 5 nitrogen and oxygen atoms in total. The van der Waals surface area contributed by atoms with Gasteiger partial charge >= 0.3 is 0 Å². The monoisotopic (exact) mass is 281 g/mol. The molecule has 1 heterocycles.